The van der Waals surface area contributed by atoms with Crippen LogP contribution in [0.3, 0.4) is 0 Å². The molecule has 1 aromatic rings. The lowest BCUT2D eigenvalue weighted by Gasteiger charge is -2.21. The summed E-state index contributed by atoms with van der Waals surface area (Å²) in [6, 6.07) is 7.56. The molecular formula is C17H24N2O2. The van der Waals surface area contributed by atoms with Gasteiger partial charge in [0.25, 0.3) is 0 Å². The summed E-state index contributed by atoms with van der Waals surface area (Å²) in [7, 11) is 0. The first-order valence-electron chi connectivity index (χ1n) is 7.87. The van der Waals surface area contributed by atoms with Crippen LogP contribution >= 0.6 is 0 Å². The average Bonchev–Trinajstić information content (AvgIpc) is 2.54. The van der Waals surface area contributed by atoms with Crippen molar-refractivity contribution in [2.24, 2.45) is 5.92 Å². The number of carbonyl (C=O) groups is 2. The van der Waals surface area contributed by atoms with Crippen molar-refractivity contribution in [2.45, 2.75) is 45.4 Å². The highest BCUT2D eigenvalue weighted by Crippen LogP contribution is 2.22. The molecule has 1 aliphatic carbocycles. The van der Waals surface area contributed by atoms with Gasteiger partial charge in [-0.15, -0.1) is 0 Å². The predicted molar refractivity (Wildman–Crippen MR) is 84.0 cm³/mol. The molecule has 0 atom stereocenters. The van der Waals surface area contributed by atoms with Gasteiger partial charge in [-0.05, 0) is 36.8 Å². The Hall–Kier alpha value is -1.84. The Kier molecular flexibility index (Phi) is 5.78. The Balaban J connectivity index is 1.83. The van der Waals surface area contributed by atoms with E-state index in [1.807, 2.05) is 31.2 Å². The van der Waals surface area contributed by atoms with E-state index >= 15 is 0 Å². The van der Waals surface area contributed by atoms with Gasteiger partial charge in [0.1, 0.15) is 0 Å². The first-order valence-corrected chi connectivity index (χ1v) is 7.87. The molecule has 0 spiro atoms. The van der Waals surface area contributed by atoms with Gasteiger partial charge in [-0.3, -0.25) is 9.59 Å². The van der Waals surface area contributed by atoms with E-state index in [1.165, 1.54) is 19.3 Å². The summed E-state index contributed by atoms with van der Waals surface area (Å²) < 4.78 is 0. The van der Waals surface area contributed by atoms with Crippen LogP contribution in [0.5, 0.6) is 0 Å². The van der Waals surface area contributed by atoms with Gasteiger partial charge in [-0.1, -0.05) is 44.4 Å². The van der Waals surface area contributed by atoms with Crippen LogP contribution in [0.4, 0.5) is 5.69 Å². The monoisotopic (exact) mass is 288 g/mol. The van der Waals surface area contributed by atoms with Crippen molar-refractivity contribution in [3.63, 3.8) is 0 Å². The summed E-state index contributed by atoms with van der Waals surface area (Å²) in [6.45, 7) is 2.63. The molecule has 0 bridgehead atoms. The van der Waals surface area contributed by atoms with Crippen LogP contribution in [0, 0.1) is 5.92 Å². The number of amides is 2. The Morgan fingerprint density at radius 1 is 1.10 bits per heavy atom. The molecule has 4 nitrogen and oxygen atoms in total. The zero-order valence-electron chi connectivity index (χ0n) is 12.7. The minimum Gasteiger partial charge on any atom is -0.348 e. The average molecular weight is 288 g/mol. The molecular weight excluding hydrogens is 264 g/mol. The maximum absolute atomic E-state index is 11.9. The molecule has 114 valence electrons. The fourth-order valence-electron chi connectivity index (χ4n) is 2.84. The summed E-state index contributed by atoms with van der Waals surface area (Å²) in [5, 5.41) is 5.46. The Morgan fingerprint density at radius 3 is 2.52 bits per heavy atom. The van der Waals surface area contributed by atoms with Crippen LogP contribution in [0.2, 0.25) is 0 Å². The summed E-state index contributed by atoms with van der Waals surface area (Å²) in [4.78, 5) is 23.8. The van der Waals surface area contributed by atoms with Crippen molar-refractivity contribution in [3.05, 3.63) is 29.8 Å². The van der Waals surface area contributed by atoms with E-state index in [9.17, 15) is 9.59 Å². The van der Waals surface area contributed by atoms with Gasteiger partial charge in [0, 0.05) is 12.2 Å². The van der Waals surface area contributed by atoms with E-state index in [2.05, 4.69) is 10.6 Å². The summed E-state index contributed by atoms with van der Waals surface area (Å²) in [5.74, 6) is -0.586. The number of aryl methyl sites for hydroxylation is 1. The molecule has 2 rings (SSSR count). The quantitative estimate of drug-likeness (QED) is 0.837. The molecule has 0 saturated heterocycles. The molecule has 0 heterocycles. The van der Waals surface area contributed by atoms with Gasteiger partial charge in [0.05, 0.1) is 0 Å². The molecule has 4 heteroatoms. The van der Waals surface area contributed by atoms with Gasteiger partial charge in [0.15, 0.2) is 0 Å². The van der Waals surface area contributed by atoms with Crippen molar-refractivity contribution in [2.75, 3.05) is 11.9 Å². The Morgan fingerprint density at radius 2 is 1.81 bits per heavy atom. The van der Waals surface area contributed by atoms with Gasteiger partial charge in [0.2, 0.25) is 0 Å². The SMILES string of the molecule is CCc1ccccc1NC(=O)C(=O)NCC1CCCCC1. The molecule has 21 heavy (non-hydrogen) atoms. The fraction of sp³-hybridized carbons (Fsp3) is 0.529. The highest BCUT2D eigenvalue weighted by Gasteiger charge is 2.18. The van der Waals surface area contributed by atoms with E-state index in [1.54, 1.807) is 0 Å². The predicted octanol–water partition coefficient (Wildman–Crippen LogP) is 2.88. The molecule has 0 aliphatic heterocycles. The van der Waals surface area contributed by atoms with E-state index in [-0.39, 0.29) is 0 Å². The van der Waals surface area contributed by atoms with Crippen molar-refractivity contribution in [1.29, 1.82) is 0 Å². The Labute approximate surface area is 126 Å². The van der Waals surface area contributed by atoms with Crippen LogP contribution in [0.1, 0.15) is 44.6 Å². The summed E-state index contributed by atoms with van der Waals surface area (Å²) in [6.07, 6.45) is 6.88. The smallest absolute Gasteiger partial charge is 0.313 e. The van der Waals surface area contributed by atoms with Crippen molar-refractivity contribution in [1.82, 2.24) is 5.32 Å². The number of benzene rings is 1. The number of para-hydroxylation sites is 1. The molecule has 1 saturated carbocycles. The Bertz CT molecular complexity index is 493. The first-order chi connectivity index (χ1) is 10.2. The zero-order chi connectivity index (χ0) is 15.1. The van der Waals surface area contributed by atoms with Crippen LogP contribution in [-0.2, 0) is 16.0 Å². The first kappa shape index (κ1) is 15.5. The minimum atomic E-state index is -0.577. The molecule has 1 fully saturated rings. The van der Waals surface area contributed by atoms with Gasteiger partial charge in [-0.25, -0.2) is 0 Å². The maximum Gasteiger partial charge on any atom is 0.313 e. The lowest BCUT2D eigenvalue weighted by Crippen LogP contribution is -2.38. The fourth-order valence-corrected chi connectivity index (χ4v) is 2.84. The third-order valence-corrected chi connectivity index (χ3v) is 4.13. The van der Waals surface area contributed by atoms with Crippen molar-refractivity contribution in [3.8, 4) is 0 Å². The van der Waals surface area contributed by atoms with Gasteiger partial charge >= 0.3 is 11.8 Å². The topological polar surface area (TPSA) is 58.2 Å². The molecule has 0 aromatic heterocycles. The number of hydrogen-bond acceptors (Lipinski definition) is 2. The molecule has 0 unspecified atom stereocenters. The third kappa shape index (κ3) is 4.59. The molecule has 2 N–H and O–H groups in total. The lowest BCUT2D eigenvalue weighted by atomic mass is 9.89. The minimum absolute atomic E-state index is 0.526. The number of rotatable bonds is 4. The highest BCUT2D eigenvalue weighted by molar-refractivity contribution is 6.39. The normalized spacial score (nSPS) is 15.5. The zero-order valence-corrected chi connectivity index (χ0v) is 12.7. The second-order valence-electron chi connectivity index (χ2n) is 5.68. The van der Waals surface area contributed by atoms with Gasteiger partial charge < -0.3 is 10.6 Å². The van der Waals surface area contributed by atoms with Crippen LogP contribution in [0.15, 0.2) is 24.3 Å². The standard InChI is InChI=1S/C17H24N2O2/c1-2-14-10-6-7-11-15(14)19-17(21)16(20)18-12-13-8-4-3-5-9-13/h6-7,10-11,13H,2-5,8-9,12H2,1H3,(H,18,20)(H,19,21). The summed E-state index contributed by atoms with van der Waals surface area (Å²) >= 11 is 0. The van der Waals surface area contributed by atoms with Gasteiger partial charge in [-0.2, -0.15) is 0 Å². The molecule has 1 aliphatic rings. The van der Waals surface area contributed by atoms with Crippen molar-refractivity contribution < 1.29 is 9.59 Å². The number of hydrogen-bond donors (Lipinski definition) is 2. The maximum atomic E-state index is 11.9. The highest BCUT2D eigenvalue weighted by atomic mass is 16.2. The lowest BCUT2D eigenvalue weighted by molar-refractivity contribution is -0.136. The second-order valence-corrected chi connectivity index (χ2v) is 5.68. The molecule has 2 amide bonds. The largest absolute Gasteiger partial charge is 0.348 e. The van der Waals surface area contributed by atoms with Crippen LogP contribution in [0.25, 0.3) is 0 Å². The van der Waals surface area contributed by atoms with Crippen LogP contribution in [-0.4, -0.2) is 18.4 Å². The third-order valence-electron chi connectivity index (χ3n) is 4.13. The van der Waals surface area contributed by atoms with E-state index in [0.717, 1.165) is 30.5 Å². The second kappa shape index (κ2) is 7.81. The van der Waals surface area contributed by atoms with E-state index in [0.29, 0.717) is 12.5 Å². The number of nitrogens with one attached hydrogen (secondary N) is 2. The molecule has 1 aromatic carbocycles. The van der Waals surface area contributed by atoms with E-state index in [4.69, 9.17) is 0 Å². The summed E-state index contributed by atoms with van der Waals surface area (Å²) in [5.41, 5.74) is 1.75. The number of anilines is 1. The molecule has 0 radical (unpaired) electrons. The van der Waals surface area contributed by atoms with E-state index < -0.39 is 11.8 Å². The van der Waals surface area contributed by atoms with Crippen molar-refractivity contribution >= 4 is 17.5 Å². The van der Waals surface area contributed by atoms with Crippen LogP contribution < -0.4 is 10.6 Å². The number of carbonyl (C=O) groups excluding carboxylic acids is 2.